The Morgan fingerprint density at radius 2 is 1.11 bits per heavy atom. The summed E-state index contributed by atoms with van der Waals surface area (Å²) in [4.78, 5) is 0. The Kier molecular flexibility index (Phi) is 5.23. The predicted molar refractivity (Wildman–Crippen MR) is 93.7 cm³/mol. The van der Waals surface area contributed by atoms with E-state index in [1.807, 2.05) is 0 Å². The molecule has 0 aromatic rings. The zero-order valence-corrected chi connectivity index (χ0v) is 18.1. The second-order valence-electron chi connectivity index (χ2n) is 8.80. The van der Waals surface area contributed by atoms with Gasteiger partial charge >= 0.3 is 0 Å². The number of hydrogen-bond donors (Lipinski definition) is 1. The fourth-order valence-electron chi connectivity index (χ4n) is 4.03. The van der Waals surface area contributed by atoms with Gasteiger partial charge in [-0.3, -0.25) is 4.55 Å². The molecule has 7 heteroatoms. The Hall–Kier alpha value is 0.561. The summed E-state index contributed by atoms with van der Waals surface area (Å²) in [7, 11) is -10.0. The maximum Gasteiger partial charge on any atom is 0.265 e. The first-order chi connectivity index (χ1) is 7.90. The zero-order valence-electron chi connectivity index (χ0n) is 14.2. The zero-order chi connectivity index (χ0) is 16.1. The highest BCUT2D eigenvalue weighted by Crippen LogP contribution is 2.50. The monoisotopic (exact) mass is 340 g/mol. The van der Waals surface area contributed by atoms with Crippen LogP contribution in [0.1, 0.15) is 6.92 Å². The molecule has 0 amide bonds. The molecule has 0 aromatic heterocycles. The molecule has 1 unspecified atom stereocenters. The largest absolute Gasteiger partial charge is 0.286 e. The minimum Gasteiger partial charge on any atom is -0.286 e. The average Bonchev–Trinajstić information content (AvgIpc) is 1.92. The third kappa shape index (κ3) is 3.25. The van der Waals surface area contributed by atoms with Gasteiger partial charge in [0.2, 0.25) is 0 Å². The first kappa shape index (κ1) is 19.6. The molecular formula is C12H32O3SSi3. The van der Waals surface area contributed by atoms with Crippen molar-refractivity contribution in [3.05, 3.63) is 0 Å². The highest BCUT2D eigenvalue weighted by molar-refractivity contribution is 7.92. The van der Waals surface area contributed by atoms with Gasteiger partial charge in [0.05, 0.1) is 20.1 Å². The molecule has 0 spiro atoms. The van der Waals surface area contributed by atoms with Gasteiger partial charge in [0.1, 0.15) is 0 Å². The van der Waals surface area contributed by atoms with Gasteiger partial charge in [-0.2, -0.15) is 8.42 Å². The van der Waals surface area contributed by atoms with Crippen LogP contribution >= 0.6 is 0 Å². The van der Waals surface area contributed by atoms with E-state index in [2.05, 4.69) is 65.8 Å². The highest BCUT2D eigenvalue weighted by atomic mass is 32.2. The molecule has 0 saturated heterocycles. The summed E-state index contributed by atoms with van der Waals surface area (Å²) in [5.41, 5.74) is 0.0633. The SMILES string of the molecule is CC(C([Si](C)(C)C)([Si](C)(C)C)S(=O)(=O)O)[Si](C)(C)C. The van der Waals surface area contributed by atoms with E-state index in [4.69, 9.17) is 0 Å². The van der Waals surface area contributed by atoms with E-state index in [0.29, 0.717) is 0 Å². The first-order valence-corrected chi connectivity index (χ1v) is 18.9. The molecule has 0 radical (unpaired) electrons. The van der Waals surface area contributed by atoms with E-state index in [9.17, 15) is 13.0 Å². The smallest absolute Gasteiger partial charge is 0.265 e. The lowest BCUT2D eigenvalue weighted by molar-refractivity contribution is 0.467. The molecule has 0 bridgehead atoms. The molecular weight excluding hydrogens is 308 g/mol. The Bertz CT molecular complexity index is 411. The molecule has 0 aliphatic rings. The van der Waals surface area contributed by atoms with Crippen molar-refractivity contribution in [2.75, 3.05) is 0 Å². The Balaban J connectivity index is 6.64. The molecule has 1 N–H and O–H groups in total. The van der Waals surface area contributed by atoms with Crippen LogP contribution < -0.4 is 0 Å². The van der Waals surface area contributed by atoms with Crippen LogP contribution in [-0.2, 0) is 10.1 Å². The lowest BCUT2D eigenvalue weighted by Crippen LogP contribution is -2.74. The van der Waals surface area contributed by atoms with Crippen molar-refractivity contribution in [3.63, 3.8) is 0 Å². The minimum atomic E-state index is -4.07. The first-order valence-electron chi connectivity index (χ1n) is 6.87. The molecule has 0 aliphatic heterocycles. The van der Waals surface area contributed by atoms with E-state index in [0.717, 1.165) is 0 Å². The summed E-state index contributed by atoms with van der Waals surface area (Å²) >= 11 is 0. The van der Waals surface area contributed by atoms with Crippen LogP contribution in [0.25, 0.3) is 0 Å². The highest BCUT2D eigenvalue weighted by Gasteiger charge is 2.65. The standard InChI is InChI=1S/C12H32O3SSi3/c1-11(17(2,3)4)12(16(13,14)15,18(5,6)7)19(8,9)10/h11H,1-10H3,(H,13,14,15). The lowest BCUT2D eigenvalue weighted by atomic mass is 10.5. The summed E-state index contributed by atoms with van der Waals surface area (Å²) in [5, 5.41) is 0. The van der Waals surface area contributed by atoms with E-state index >= 15 is 0 Å². The van der Waals surface area contributed by atoms with Crippen LogP contribution in [0.5, 0.6) is 0 Å². The Morgan fingerprint density at radius 1 is 0.842 bits per heavy atom. The van der Waals surface area contributed by atoms with Crippen LogP contribution in [0.3, 0.4) is 0 Å². The summed E-state index contributed by atoms with van der Waals surface area (Å²) in [5.74, 6) is 0. The third-order valence-electron chi connectivity index (χ3n) is 4.54. The van der Waals surface area contributed by atoms with Crippen molar-refractivity contribution < 1.29 is 13.0 Å². The number of hydrogen-bond acceptors (Lipinski definition) is 2. The second kappa shape index (κ2) is 5.08. The van der Waals surface area contributed by atoms with Gasteiger partial charge in [-0.15, -0.1) is 0 Å². The molecule has 3 nitrogen and oxygen atoms in total. The van der Waals surface area contributed by atoms with E-state index in [1.165, 1.54) is 0 Å². The molecule has 1 atom stereocenters. The molecule has 19 heavy (non-hydrogen) atoms. The Labute approximate surface area is 123 Å². The summed E-state index contributed by atoms with van der Waals surface area (Å²) < 4.78 is 34.3. The topological polar surface area (TPSA) is 54.4 Å². The van der Waals surface area contributed by atoms with Crippen molar-refractivity contribution in [2.24, 2.45) is 0 Å². The predicted octanol–water partition coefficient (Wildman–Crippen LogP) is 4.10. The van der Waals surface area contributed by atoms with E-state index < -0.39 is 38.3 Å². The summed E-state index contributed by atoms with van der Waals surface area (Å²) in [6.07, 6.45) is 0. The maximum atomic E-state index is 12.5. The van der Waals surface area contributed by atoms with Crippen molar-refractivity contribution in [2.45, 2.75) is 75.4 Å². The van der Waals surface area contributed by atoms with E-state index in [1.54, 1.807) is 0 Å². The van der Waals surface area contributed by atoms with Crippen molar-refractivity contribution in [3.8, 4) is 0 Å². The number of rotatable bonds is 5. The van der Waals surface area contributed by atoms with Gasteiger partial charge < -0.3 is 0 Å². The van der Waals surface area contributed by atoms with Crippen LogP contribution in [-0.4, -0.2) is 41.2 Å². The third-order valence-corrected chi connectivity index (χ3v) is 24.6. The average molecular weight is 341 g/mol. The van der Waals surface area contributed by atoms with Crippen molar-refractivity contribution in [1.82, 2.24) is 0 Å². The van der Waals surface area contributed by atoms with Crippen LogP contribution in [0.4, 0.5) is 0 Å². The van der Waals surface area contributed by atoms with Crippen LogP contribution in [0.2, 0.25) is 64.5 Å². The Morgan fingerprint density at radius 3 is 1.16 bits per heavy atom. The van der Waals surface area contributed by atoms with Gasteiger partial charge in [-0.1, -0.05) is 65.8 Å². The molecule has 0 fully saturated rings. The lowest BCUT2D eigenvalue weighted by Gasteiger charge is -2.55. The molecule has 0 saturated carbocycles. The van der Waals surface area contributed by atoms with Gasteiger partial charge in [-0.25, -0.2) is 0 Å². The summed E-state index contributed by atoms with van der Waals surface area (Å²) in [6.45, 7) is 21.2. The molecule has 0 heterocycles. The normalized spacial score (nSPS) is 17.4. The maximum absolute atomic E-state index is 12.5. The van der Waals surface area contributed by atoms with Crippen LogP contribution in [0.15, 0.2) is 0 Å². The van der Waals surface area contributed by atoms with Gasteiger partial charge in [0.25, 0.3) is 10.1 Å². The van der Waals surface area contributed by atoms with E-state index in [-0.39, 0.29) is 5.54 Å². The van der Waals surface area contributed by atoms with Crippen molar-refractivity contribution >= 4 is 34.3 Å². The molecule has 0 aliphatic carbocycles. The molecule has 0 rings (SSSR count). The molecule has 116 valence electrons. The minimum absolute atomic E-state index is 0.0633. The fourth-order valence-corrected chi connectivity index (χ4v) is 30.2. The summed E-state index contributed by atoms with van der Waals surface area (Å²) in [6, 6.07) is 0. The van der Waals surface area contributed by atoms with Gasteiger partial charge in [0, 0.05) is 8.07 Å². The van der Waals surface area contributed by atoms with Crippen LogP contribution in [0, 0.1) is 0 Å². The fraction of sp³-hybridized carbons (Fsp3) is 1.00. The van der Waals surface area contributed by atoms with Crippen molar-refractivity contribution in [1.29, 1.82) is 0 Å². The molecule has 0 aromatic carbocycles. The quantitative estimate of drug-likeness (QED) is 0.605. The van der Waals surface area contributed by atoms with Gasteiger partial charge in [0.15, 0.2) is 0 Å². The van der Waals surface area contributed by atoms with Gasteiger partial charge in [-0.05, 0) is 5.54 Å². The second-order valence-corrected chi connectivity index (χ2v) is 27.8.